The van der Waals surface area contributed by atoms with Crippen molar-refractivity contribution in [3.8, 4) is 11.8 Å². The summed E-state index contributed by atoms with van der Waals surface area (Å²) in [5.74, 6) is 0.0833. The van der Waals surface area contributed by atoms with Gasteiger partial charge < -0.3 is 14.9 Å². The number of aromatic nitrogens is 1. The Labute approximate surface area is 57.3 Å². The van der Waals surface area contributed by atoms with Gasteiger partial charge in [-0.05, 0) is 0 Å². The number of hydrogen-bond acceptors (Lipinski definition) is 3. The monoisotopic (exact) mass is 141 g/mol. The Kier molecular flexibility index (Phi) is 0.935. The van der Waals surface area contributed by atoms with Crippen molar-refractivity contribution in [2.45, 2.75) is 6.23 Å². The maximum absolute atomic E-state index is 9.06. The van der Waals surface area contributed by atoms with Crippen molar-refractivity contribution in [3.05, 3.63) is 12.1 Å². The summed E-state index contributed by atoms with van der Waals surface area (Å²) in [4.78, 5) is 0. The maximum Gasteiger partial charge on any atom is 0.196 e. The predicted octanol–water partition coefficient (Wildman–Crippen LogP) is 0.428. The van der Waals surface area contributed by atoms with E-state index in [1.165, 1.54) is 16.7 Å². The van der Waals surface area contributed by atoms with Gasteiger partial charge in [-0.2, -0.15) is 0 Å². The predicted molar refractivity (Wildman–Crippen MR) is 32.8 cm³/mol. The molecule has 2 N–H and O–H groups in total. The van der Waals surface area contributed by atoms with Crippen LogP contribution in [0.5, 0.6) is 11.8 Å². The van der Waals surface area contributed by atoms with E-state index >= 15 is 0 Å². The maximum atomic E-state index is 9.06. The molecule has 10 heavy (non-hydrogen) atoms. The highest BCUT2D eigenvalue weighted by molar-refractivity contribution is 5.25. The first-order chi connectivity index (χ1) is 4.79. The minimum Gasteiger partial charge on any atom is -0.494 e. The Morgan fingerprint density at radius 3 is 2.30 bits per heavy atom. The molecule has 0 amide bonds. The highest BCUT2D eigenvalue weighted by Gasteiger charge is 2.28. The molecule has 0 aromatic carbocycles. The van der Waals surface area contributed by atoms with Crippen LogP contribution in [0.2, 0.25) is 0 Å². The normalized spacial score (nSPS) is 23.0. The molecule has 1 unspecified atom stereocenters. The highest BCUT2D eigenvalue weighted by Crippen LogP contribution is 2.33. The number of epoxide rings is 1. The van der Waals surface area contributed by atoms with E-state index in [1.807, 2.05) is 0 Å². The second-order valence-electron chi connectivity index (χ2n) is 2.21. The molecule has 1 aliphatic heterocycles. The van der Waals surface area contributed by atoms with E-state index < -0.39 is 0 Å². The molecule has 54 valence electrons. The van der Waals surface area contributed by atoms with Gasteiger partial charge in [0.15, 0.2) is 18.0 Å². The standard InChI is InChI=1S/C6H7NO3/c8-4-1-2-5(9)7(4)6-3-10-6/h1-2,6,8-9H,3H2. The van der Waals surface area contributed by atoms with E-state index in [-0.39, 0.29) is 18.0 Å². The summed E-state index contributed by atoms with van der Waals surface area (Å²) in [5, 5.41) is 18.1. The van der Waals surface area contributed by atoms with Gasteiger partial charge in [0.1, 0.15) is 0 Å². The number of hydrogen-bond donors (Lipinski definition) is 2. The molecule has 0 aliphatic carbocycles. The summed E-state index contributed by atoms with van der Waals surface area (Å²) in [6.45, 7) is 0.565. The van der Waals surface area contributed by atoms with Gasteiger partial charge >= 0.3 is 0 Å². The third-order valence-electron chi connectivity index (χ3n) is 1.48. The van der Waals surface area contributed by atoms with Crippen molar-refractivity contribution in [1.82, 2.24) is 4.57 Å². The molecule has 2 heterocycles. The van der Waals surface area contributed by atoms with Gasteiger partial charge in [-0.1, -0.05) is 0 Å². The van der Waals surface area contributed by atoms with Crippen LogP contribution in [0, 0.1) is 0 Å². The van der Waals surface area contributed by atoms with Crippen molar-refractivity contribution in [2.24, 2.45) is 0 Å². The minimum atomic E-state index is -0.157. The largest absolute Gasteiger partial charge is 0.494 e. The Hall–Kier alpha value is -1.16. The third kappa shape index (κ3) is 0.657. The highest BCUT2D eigenvalue weighted by atomic mass is 16.6. The van der Waals surface area contributed by atoms with Gasteiger partial charge in [-0.3, -0.25) is 4.57 Å². The second kappa shape index (κ2) is 1.67. The van der Waals surface area contributed by atoms with Crippen molar-refractivity contribution < 1.29 is 14.9 Å². The zero-order valence-corrected chi connectivity index (χ0v) is 5.19. The average molecular weight is 141 g/mol. The Morgan fingerprint density at radius 2 is 1.90 bits per heavy atom. The lowest BCUT2D eigenvalue weighted by atomic mass is 10.6. The lowest BCUT2D eigenvalue weighted by molar-refractivity contribution is 0.293. The zero-order chi connectivity index (χ0) is 7.14. The Bertz CT molecular complexity index is 232. The number of rotatable bonds is 1. The molecule has 1 fully saturated rings. The fourth-order valence-corrected chi connectivity index (χ4v) is 0.914. The van der Waals surface area contributed by atoms with Crippen LogP contribution in [0.1, 0.15) is 6.23 Å². The summed E-state index contributed by atoms with van der Waals surface area (Å²) in [5.41, 5.74) is 0. The first-order valence-corrected chi connectivity index (χ1v) is 3.00. The summed E-state index contributed by atoms with van der Waals surface area (Å²) < 4.78 is 6.19. The van der Waals surface area contributed by atoms with Crippen molar-refractivity contribution in [2.75, 3.05) is 6.61 Å². The quantitative estimate of drug-likeness (QED) is 0.557. The number of nitrogens with zero attached hydrogens (tertiary/aromatic N) is 1. The molecule has 1 aliphatic rings. The van der Waals surface area contributed by atoms with Gasteiger partial charge in [0.05, 0.1) is 6.61 Å². The topological polar surface area (TPSA) is 57.9 Å². The molecule has 0 saturated carbocycles. The van der Waals surface area contributed by atoms with E-state index in [2.05, 4.69) is 0 Å². The third-order valence-corrected chi connectivity index (χ3v) is 1.48. The second-order valence-corrected chi connectivity index (χ2v) is 2.21. The van der Waals surface area contributed by atoms with Crippen LogP contribution in [0.25, 0.3) is 0 Å². The van der Waals surface area contributed by atoms with Crippen LogP contribution >= 0.6 is 0 Å². The minimum absolute atomic E-state index is 0.0417. The SMILES string of the molecule is Oc1ccc(O)n1C1CO1. The van der Waals surface area contributed by atoms with Gasteiger partial charge in [0, 0.05) is 12.1 Å². The molecule has 1 aromatic heterocycles. The summed E-state index contributed by atoms with van der Waals surface area (Å²) in [6, 6.07) is 2.86. The van der Waals surface area contributed by atoms with Gasteiger partial charge in [-0.25, -0.2) is 0 Å². The summed E-state index contributed by atoms with van der Waals surface area (Å²) >= 11 is 0. The van der Waals surface area contributed by atoms with Crippen molar-refractivity contribution in [3.63, 3.8) is 0 Å². The van der Waals surface area contributed by atoms with Crippen LogP contribution < -0.4 is 0 Å². The smallest absolute Gasteiger partial charge is 0.196 e. The summed E-state index contributed by atoms with van der Waals surface area (Å²) in [7, 11) is 0. The molecule has 4 nitrogen and oxygen atoms in total. The van der Waals surface area contributed by atoms with Crippen LogP contribution in [0.3, 0.4) is 0 Å². The van der Waals surface area contributed by atoms with E-state index in [4.69, 9.17) is 14.9 Å². The summed E-state index contributed by atoms with van der Waals surface area (Å²) in [6.07, 6.45) is -0.157. The van der Waals surface area contributed by atoms with Crippen LogP contribution in [-0.4, -0.2) is 21.4 Å². The van der Waals surface area contributed by atoms with Crippen LogP contribution in [-0.2, 0) is 4.74 Å². The average Bonchev–Trinajstić information content (AvgIpc) is 2.64. The van der Waals surface area contributed by atoms with E-state index in [0.717, 1.165) is 0 Å². The molecule has 4 heteroatoms. The first kappa shape index (κ1) is 5.61. The lowest BCUT2D eigenvalue weighted by Crippen LogP contribution is -1.91. The van der Waals surface area contributed by atoms with Crippen molar-refractivity contribution in [1.29, 1.82) is 0 Å². The fraction of sp³-hybridized carbons (Fsp3) is 0.333. The Morgan fingerprint density at radius 1 is 1.40 bits per heavy atom. The Balaban J connectivity index is 2.44. The molecule has 0 spiro atoms. The first-order valence-electron chi connectivity index (χ1n) is 3.00. The molecular weight excluding hydrogens is 134 g/mol. The molecule has 0 radical (unpaired) electrons. The van der Waals surface area contributed by atoms with Gasteiger partial charge in [-0.15, -0.1) is 0 Å². The number of aromatic hydroxyl groups is 2. The van der Waals surface area contributed by atoms with E-state index in [1.54, 1.807) is 0 Å². The van der Waals surface area contributed by atoms with Crippen LogP contribution in [0.15, 0.2) is 12.1 Å². The van der Waals surface area contributed by atoms with Crippen LogP contribution in [0.4, 0.5) is 0 Å². The number of ether oxygens (including phenoxy) is 1. The van der Waals surface area contributed by atoms with Gasteiger partial charge in [0.2, 0.25) is 0 Å². The zero-order valence-electron chi connectivity index (χ0n) is 5.19. The molecule has 1 atom stereocenters. The van der Waals surface area contributed by atoms with E-state index in [0.29, 0.717) is 6.61 Å². The van der Waals surface area contributed by atoms with Gasteiger partial charge in [0.25, 0.3) is 0 Å². The lowest BCUT2D eigenvalue weighted by Gasteiger charge is -1.99. The molecule has 2 rings (SSSR count). The molecule has 1 aromatic rings. The molecule has 1 saturated heterocycles. The van der Waals surface area contributed by atoms with E-state index in [9.17, 15) is 0 Å². The molecular formula is C6H7NO3. The fourth-order valence-electron chi connectivity index (χ4n) is 0.914. The molecule has 0 bridgehead atoms. The van der Waals surface area contributed by atoms with Crippen molar-refractivity contribution >= 4 is 0 Å².